The highest BCUT2D eigenvalue weighted by Crippen LogP contribution is 2.42. The lowest BCUT2D eigenvalue weighted by molar-refractivity contribution is 0.415. The first-order valence-corrected chi connectivity index (χ1v) is 10.6. The van der Waals surface area contributed by atoms with Crippen molar-refractivity contribution in [3.63, 3.8) is 0 Å². The Balaban J connectivity index is 1.58. The molecule has 0 aliphatic carbocycles. The molecule has 1 atom stereocenters. The van der Waals surface area contributed by atoms with Crippen molar-refractivity contribution in [3.8, 4) is 5.75 Å². The third kappa shape index (κ3) is 3.06. The molecule has 0 radical (unpaired) electrons. The quantitative estimate of drug-likeness (QED) is 0.707. The molecule has 1 saturated heterocycles. The van der Waals surface area contributed by atoms with Gasteiger partial charge in [-0.3, -0.25) is 4.98 Å². The van der Waals surface area contributed by atoms with Crippen molar-refractivity contribution < 1.29 is 9.13 Å². The minimum Gasteiger partial charge on any atom is -0.497 e. The molecule has 1 unspecified atom stereocenters. The Morgan fingerprint density at radius 3 is 2.80 bits per heavy atom. The predicted octanol–water partition coefficient (Wildman–Crippen LogP) is 4.18. The molecule has 0 amide bonds. The molecule has 6 heteroatoms. The lowest BCUT2D eigenvalue weighted by Crippen LogP contribution is -2.50. The van der Waals surface area contributed by atoms with Gasteiger partial charge in [-0.1, -0.05) is 0 Å². The van der Waals surface area contributed by atoms with Crippen LogP contribution in [0.3, 0.4) is 0 Å². The summed E-state index contributed by atoms with van der Waals surface area (Å²) in [5.74, 6) is 0.638. The molecule has 1 N–H and O–H groups in total. The van der Waals surface area contributed by atoms with E-state index in [-0.39, 0.29) is 11.9 Å². The number of nitrogens with zero attached hydrogens (tertiary/aromatic N) is 3. The summed E-state index contributed by atoms with van der Waals surface area (Å²) >= 11 is 0. The Bertz CT molecular complexity index is 1120. The van der Waals surface area contributed by atoms with Gasteiger partial charge in [0.1, 0.15) is 11.6 Å². The lowest BCUT2D eigenvalue weighted by atomic mass is 10.1. The van der Waals surface area contributed by atoms with Crippen LogP contribution >= 0.6 is 0 Å². The lowest BCUT2D eigenvalue weighted by Gasteiger charge is -2.36. The van der Waals surface area contributed by atoms with Gasteiger partial charge in [0.2, 0.25) is 0 Å². The number of fused-ring (bicyclic) bond motifs is 3. The third-order valence-corrected chi connectivity index (χ3v) is 6.38. The van der Waals surface area contributed by atoms with E-state index in [1.54, 1.807) is 13.2 Å². The number of rotatable bonds is 3. The number of hydrogen-bond donors (Lipinski definition) is 1. The highest BCUT2D eigenvalue weighted by molar-refractivity contribution is 5.98. The number of ether oxygens (including phenoxy) is 1. The fraction of sp³-hybridized carbons (Fsp3) is 0.375. The average Bonchev–Trinajstić information content (AvgIpc) is 3.20. The van der Waals surface area contributed by atoms with Crippen LogP contribution in [-0.4, -0.2) is 44.3 Å². The molecule has 5 rings (SSSR count). The molecule has 2 aliphatic heterocycles. The van der Waals surface area contributed by atoms with Crippen LogP contribution in [0.4, 0.5) is 21.5 Å². The zero-order valence-electron chi connectivity index (χ0n) is 17.7. The van der Waals surface area contributed by atoms with Crippen molar-refractivity contribution in [2.75, 3.05) is 43.1 Å². The molecule has 0 saturated carbocycles. The van der Waals surface area contributed by atoms with E-state index in [0.29, 0.717) is 5.69 Å². The Morgan fingerprint density at radius 1 is 1.17 bits per heavy atom. The maximum Gasteiger partial charge on any atom is 0.148 e. The zero-order chi connectivity index (χ0) is 20.8. The average molecular weight is 407 g/mol. The Kier molecular flexibility index (Phi) is 4.74. The minimum absolute atomic E-state index is 0.164. The smallest absolute Gasteiger partial charge is 0.148 e. The van der Waals surface area contributed by atoms with Crippen LogP contribution < -0.4 is 19.9 Å². The van der Waals surface area contributed by atoms with Crippen LogP contribution in [-0.2, 0) is 6.42 Å². The maximum atomic E-state index is 15.2. The van der Waals surface area contributed by atoms with Crippen molar-refractivity contribution in [2.24, 2.45) is 0 Å². The van der Waals surface area contributed by atoms with Gasteiger partial charge in [0.15, 0.2) is 0 Å². The van der Waals surface area contributed by atoms with E-state index in [1.807, 2.05) is 30.3 Å². The normalized spacial score (nSPS) is 18.7. The van der Waals surface area contributed by atoms with Gasteiger partial charge in [-0.25, -0.2) is 4.39 Å². The molecule has 0 bridgehead atoms. The van der Waals surface area contributed by atoms with Gasteiger partial charge in [0, 0.05) is 49.0 Å². The predicted molar refractivity (Wildman–Crippen MR) is 120 cm³/mol. The first-order valence-electron chi connectivity index (χ1n) is 10.6. The van der Waals surface area contributed by atoms with Crippen LogP contribution in [0.25, 0.3) is 10.9 Å². The molecule has 2 aromatic carbocycles. The number of aryl methyl sites for hydroxylation is 1. The fourth-order valence-corrected chi connectivity index (χ4v) is 4.81. The SMILES string of the molecule is COc1ccc2nc(C)c3c(c2c1)N(c1ccc(N2CCNCC2C)c(F)c1)CC3. The number of aromatic nitrogens is 1. The standard InChI is InChI=1S/C24H27FN4O/c1-15-14-26-9-11-28(15)23-7-4-17(12-21(23)25)29-10-8-19-16(2)27-22-6-5-18(30-3)13-20(22)24(19)29/h4-7,12-13,15,26H,8-11,14H2,1-3H3. The van der Waals surface area contributed by atoms with E-state index in [1.165, 1.54) is 5.56 Å². The Morgan fingerprint density at radius 2 is 2.03 bits per heavy atom. The van der Waals surface area contributed by atoms with E-state index < -0.39 is 0 Å². The summed E-state index contributed by atoms with van der Waals surface area (Å²) in [6, 6.07) is 11.9. The molecule has 3 heterocycles. The van der Waals surface area contributed by atoms with E-state index in [4.69, 9.17) is 9.72 Å². The number of nitrogens with one attached hydrogen (secondary N) is 1. The van der Waals surface area contributed by atoms with Crippen LogP contribution in [0.15, 0.2) is 36.4 Å². The van der Waals surface area contributed by atoms with Gasteiger partial charge in [0.05, 0.1) is 24.0 Å². The van der Waals surface area contributed by atoms with Gasteiger partial charge >= 0.3 is 0 Å². The number of anilines is 3. The second kappa shape index (κ2) is 7.43. The number of pyridine rings is 1. The molecule has 5 nitrogen and oxygen atoms in total. The highest BCUT2D eigenvalue weighted by Gasteiger charge is 2.27. The summed E-state index contributed by atoms with van der Waals surface area (Å²) < 4.78 is 20.7. The molecular formula is C24H27FN4O. The van der Waals surface area contributed by atoms with E-state index >= 15 is 4.39 Å². The number of hydrogen-bond acceptors (Lipinski definition) is 5. The monoisotopic (exact) mass is 406 g/mol. The molecular weight excluding hydrogens is 379 g/mol. The summed E-state index contributed by atoms with van der Waals surface area (Å²) in [6.07, 6.45) is 0.902. The Labute approximate surface area is 176 Å². The van der Waals surface area contributed by atoms with E-state index in [0.717, 1.165) is 66.3 Å². The van der Waals surface area contributed by atoms with Gasteiger partial charge < -0.3 is 19.9 Å². The summed E-state index contributed by atoms with van der Waals surface area (Å²) in [4.78, 5) is 9.16. The minimum atomic E-state index is -0.164. The first kappa shape index (κ1) is 19.1. The second-order valence-corrected chi connectivity index (χ2v) is 8.19. The molecule has 156 valence electrons. The van der Waals surface area contributed by atoms with Gasteiger partial charge in [-0.05, 0) is 62.2 Å². The topological polar surface area (TPSA) is 40.6 Å². The molecule has 1 fully saturated rings. The number of benzene rings is 2. The van der Waals surface area contributed by atoms with Crippen molar-refractivity contribution in [1.82, 2.24) is 10.3 Å². The fourth-order valence-electron chi connectivity index (χ4n) is 4.81. The molecule has 3 aromatic rings. The van der Waals surface area contributed by atoms with Crippen molar-refractivity contribution in [1.29, 1.82) is 0 Å². The number of piperazine rings is 1. The van der Waals surface area contributed by atoms with Crippen LogP contribution in [0, 0.1) is 12.7 Å². The third-order valence-electron chi connectivity index (χ3n) is 6.38. The van der Waals surface area contributed by atoms with Crippen molar-refractivity contribution in [2.45, 2.75) is 26.3 Å². The summed E-state index contributed by atoms with van der Waals surface area (Å²) in [5.41, 5.74) is 5.90. The summed E-state index contributed by atoms with van der Waals surface area (Å²) in [6.45, 7) is 7.58. The summed E-state index contributed by atoms with van der Waals surface area (Å²) in [5, 5.41) is 4.41. The van der Waals surface area contributed by atoms with Gasteiger partial charge in [-0.15, -0.1) is 0 Å². The molecule has 0 spiro atoms. The van der Waals surface area contributed by atoms with Crippen LogP contribution in [0.1, 0.15) is 18.2 Å². The van der Waals surface area contributed by atoms with Crippen LogP contribution in [0.5, 0.6) is 5.75 Å². The Hall–Kier alpha value is -2.86. The summed E-state index contributed by atoms with van der Waals surface area (Å²) in [7, 11) is 1.67. The van der Waals surface area contributed by atoms with Crippen molar-refractivity contribution >= 4 is 28.0 Å². The number of methoxy groups -OCH3 is 1. The highest BCUT2D eigenvalue weighted by atomic mass is 19.1. The molecule has 1 aromatic heterocycles. The largest absolute Gasteiger partial charge is 0.497 e. The van der Waals surface area contributed by atoms with Gasteiger partial charge in [-0.2, -0.15) is 0 Å². The van der Waals surface area contributed by atoms with Gasteiger partial charge in [0.25, 0.3) is 0 Å². The van der Waals surface area contributed by atoms with E-state index in [9.17, 15) is 0 Å². The van der Waals surface area contributed by atoms with E-state index in [2.05, 4.69) is 29.0 Å². The zero-order valence-corrected chi connectivity index (χ0v) is 17.7. The first-order chi connectivity index (χ1) is 14.6. The maximum absolute atomic E-state index is 15.2. The van der Waals surface area contributed by atoms with Crippen molar-refractivity contribution in [3.05, 3.63) is 53.5 Å². The second-order valence-electron chi connectivity index (χ2n) is 8.19. The number of halogens is 1. The molecule has 2 aliphatic rings. The van der Waals surface area contributed by atoms with Crippen LogP contribution in [0.2, 0.25) is 0 Å². The molecule has 30 heavy (non-hydrogen) atoms.